The normalized spacial score (nSPS) is 11.0. The third-order valence-corrected chi connectivity index (χ3v) is 4.23. The third kappa shape index (κ3) is 4.25. The van der Waals surface area contributed by atoms with Gasteiger partial charge in [-0.05, 0) is 30.3 Å². The Bertz CT molecular complexity index is 852. The third-order valence-electron chi connectivity index (χ3n) is 2.75. The van der Waals surface area contributed by atoms with Crippen LogP contribution in [0, 0.1) is 10.1 Å². The minimum atomic E-state index is -3.98. The maximum absolute atomic E-state index is 12.0. The van der Waals surface area contributed by atoms with E-state index in [-0.39, 0.29) is 21.2 Å². The van der Waals surface area contributed by atoms with E-state index in [1.807, 2.05) is 10.3 Å². The predicted molar refractivity (Wildman–Crippen MR) is 82.3 cm³/mol. The molecule has 0 saturated heterocycles. The number of hydrazine groups is 1. The Balaban J connectivity index is 2.07. The van der Waals surface area contributed by atoms with Crippen molar-refractivity contribution < 1.29 is 18.1 Å². The number of non-ortho nitro benzene ring substituents is 1. The van der Waals surface area contributed by atoms with E-state index < -0.39 is 20.9 Å². The van der Waals surface area contributed by atoms with Gasteiger partial charge in [-0.3, -0.25) is 20.3 Å². The van der Waals surface area contributed by atoms with Gasteiger partial charge in [-0.2, -0.15) is 0 Å². The van der Waals surface area contributed by atoms with Gasteiger partial charge >= 0.3 is 0 Å². The molecule has 10 heteroatoms. The zero-order chi connectivity index (χ0) is 17.0. The Labute approximate surface area is 136 Å². The Morgan fingerprint density at radius 2 is 1.78 bits per heavy atom. The van der Waals surface area contributed by atoms with Crippen molar-refractivity contribution in [3.63, 3.8) is 0 Å². The number of sulfonamides is 1. The van der Waals surface area contributed by atoms with Gasteiger partial charge in [0.2, 0.25) is 0 Å². The number of benzene rings is 2. The minimum absolute atomic E-state index is 0.0596. The van der Waals surface area contributed by atoms with Crippen molar-refractivity contribution in [2.24, 2.45) is 0 Å². The molecule has 2 aromatic rings. The van der Waals surface area contributed by atoms with Crippen LogP contribution in [-0.2, 0) is 10.0 Å². The highest BCUT2D eigenvalue weighted by molar-refractivity contribution is 7.89. The Hall–Kier alpha value is -2.49. The zero-order valence-electron chi connectivity index (χ0n) is 11.4. The van der Waals surface area contributed by atoms with Gasteiger partial charge in [0, 0.05) is 22.7 Å². The number of nitrogens with zero attached hydrogens (tertiary/aromatic N) is 1. The predicted octanol–water partition coefficient (Wildman–Crippen LogP) is 1.87. The first-order valence-electron chi connectivity index (χ1n) is 6.12. The van der Waals surface area contributed by atoms with Crippen LogP contribution in [0.15, 0.2) is 53.4 Å². The van der Waals surface area contributed by atoms with Crippen LogP contribution in [-0.4, -0.2) is 19.2 Å². The maximum atomic E-state index is 12.0. The number of halogens is 1. The second kappa shape index (κ2) is 6.73. The maximum Gasteiger partial charge on any atom is 0.269 e. The molecule has 0 bridgehead atoms. The average molecular weight is 356 g/mol. The van der Waals surface area contributed by atoms with Crippen molar-refractivity contribution in [1.29, 1.82) is 0 Å². The molecule has 23 heavy (non-hydrogen) atoms. The molecule has 0 aliphatic heterocycles. The molecule has 0 saturated carbocycles. The Kier molecular flexibility index (Phi) is 4.94. The van der Waals surface area contributed by atoms with Crippen LogP contribution < -0.4 is 10.3 Å². The fourth-order valence-corrected chi connectivity index (χ4v) is 2.75. The van der Waals surface area contributed by atoms with E-state index in [1.165, 1.54) is 36.4 Å². The summed E-state index contributed by atoms with van der Waals surface area (Å²) >= 11 is 5.72. The highest BCUT2D eigenvalue weighted by Gasteiger charge is 2.16. The van der Waals surface area contributed by atoms with Crippen LogP contribution in [0.5, 0.6) is 0 Å². The number of rotatable bonds is 5. The van der Waals surface area contributed by atoms with Gasteiger partial charge < -0.3 is 0 Å². The van der Waals surface area contributed by atoms with E-state index >= 15 is 0 Å². The van der Waals surface area contributed by atoms with Gasteiger partial charge in [0.05, 0.1) is 9.82 Å². The molecule has 8 nitrogen and oxygen atoms in total. The molecule has 0 aliphatic carbocycles. The molecule has 0 unspecified atom stereocenters. The standard InChI is InChI=1S/C13H10ClN3O5S/c14-10-2-1-3-12(8-10)23(21,22)16-15-13(18)9-4-6-11(7-5-9)17(19)20/h1-8,16H,(H,15,18). The summed E-state index contributed by atoms with van der Waals surface area (Å²) in [5, 5.41) is 10.8. The number of nitro groups is 1. The average Bonchev–Trinajstić information content (AvgIpc) is 2.53. The number of carbonyl (C=O) groups excluding carboxylic acids is 1. The molecule has 2 rings (SSSR count). The SMILES string of the molecule is O=C(NNS(=O)(=O)c1cccc(Cl)c1)c1ccc([N+](=O)[O-])cc1. The van der Waals surface area contributed by atoms with Gasteiger partial charge in [-0.1, -0.05) is 17.7 Å². The summed E-state index contributed by atoms with van der Waals surface area (Å²) in [6.45, 7) is 0. The van der Waals surface area contributed by atoms with Gasteiger partial charge in [0.25, 0.3) is 21.6 Å². The number of hydrogen-bond acceptors (Lipinski definition) is 5. The molecular formula is C13H10ClN3O5S. The van der Waals surface area contributed by atoms with E-state index in [1.54, 1.807) is 0 Å². The van der Waals surface area contributed by atoms with Crippen molar-refractivity contribution >= 4 is 33.2 Å². The lowest BCUT2D eigenvalue weighted by molar-refractivity contribution is -0.384. The largest absolute Gasteiger partial charge is 0.273 e. The summed E-state index contributed by atoms with van der Waals surface area (Å²) < 4.78 is 24.0. The summed E-state index contributed by atoms with van der Waals surface area (Å²) in [6, 6.07) is 10.2. The summed E-state index contributed by atoms with van der Waals surface area (Å²) in [5.41, 5.74) is 1.90. The van der Waals surface area contributed by atoms with Crippen molar-refractivity contribution in [2.75, 3.05) is 0 Å². The second-order valence-corrected chi connectivity index (χ2v) is 6.44. The topological polar surface area (TPSA) is 118 Å². The van der Waals surface area contributed by atoms with Crippen LogP contribution in [0.3, 0.4) is 0 Å². The highest BCUT2D eigenvalue weighted by Crippen LogP contribution is 2.15. The van der Waals surface area contributed by atoms with Crippen LogP contribution in [0.25, 0.3) is 0 Å². The van der Waals surface area contributed by atoms with Gasteiger partial charge in [-0.15, -0.1) is 4.83 Å². The van der Waals surface area contributed by atoms with Crippen molar-refractivity contribution in [1.82, 2.24) is 10.3 Å². The molecule has 120 valence electrons. The lowest BCUT2D eigenvalue weighted by atomic mass is 10.2. The molecule has 2 aromatic carbocycles. The molecule has 0 aliphatic rings. The van der Waals surface area contributed by atoms with Gasteiger partial charge in [0.1, 0.15) is 0 Å². The molecule has 0 radical (unpaired) electrons. The molecule has 0 atom stereocenters. The van der Waals surface area contributed by atoms with Crippen LogP contribution >= 0.6 is 11.6 Å². The number of carbonyl (C=O) groups is 1. The fraction of sp³-hybridized carbons (Fsp3) is 0. The second-order valence-electron chi connectivity index (χ2n) is 4.32. The van der Waals surface area contributed by atoms with E-state index in [4.69, 9.17) is 11.6 Å². The fourth-order valence-electron chi connectivity index (χ4n) is 1.61. The summed E-state index contributed by atoms with van der Waals surface area (Å²) in [5.74, 6) is -0.759. The summed E-state index contributed by atoms with van der Waals surface area (Å²) in [7, 11) is -3.98. The molecule has 0 fully saturated rings. The Morgan fingerprint density at radius 1 is 1.13 bits per heavy atom. The first-order chi connectivity index (χ1) is 10.8. The Morgan fingerprint density at radius 3 is 2.35 bits per heavy atom. The number of amides is 1. The van der Waals surface area contributed by atoms with Crippen LogP contribution in [0.4, 0.5) is 5.69 Å². The van der Waals surface area contributed by atoms with Crippen molar-refractivity contribution in [2.45, 2.75) is 4.90 Å². The van der Waals surface area contributed by atoms with E-state index in [9.17, 15) is 23.3 Å². The molecule has 0 heterocycles. The van der Waals surface area contributed by atoms with Gasteiger partial charge in [-0.25, -0.2) is 8.42 Å². The van der Waals surface area contributed by atoms with Crippen LogP contribution in [0.2, 0.25) is 5.02 Å². The smallest absolute Gasteiger partial charge is 0.269 e. The van der Waals surface area contributed by atoms with Crippen molar-refractivity contribution in [3.8, 4) is 0 Å². The lowest BCUT2D eigenvalue weighted by Gasteiger charge is -2.08. The molecule has 0 spiro atoms. The molecule has 0 aromatic heterocycles. The number of nitro benzene ring substituents is 1. The van der Waals surface area contributed by atoms with E-state index in [0.29, 0.717) is 0 Å². The number of hydrogen-bond donors (Lipinski definition) is 2. The van der Waals surface area contributed by atoms with Crippen molar-refractivity contribution in [3.05, 3.63) is 69.2 Å². The monoisotopic (exact) mass is 355 g/mol. The summed E-state index contributed by atoms with van der Waals surface area (Å²) in [6.07, 6.45) is 0. The van der Waals surface area contributed by atoms with E-state index in [0.717, 1.165) is 12.1 Å². The highest BCUT2D eigenvalue weighted by atomic mass is 35.5. The summed E-state index contributed by atoms with van der Waals surface area (Å²) in [4.78, 5) is 23.6. The molecule has 2 N–H and O–H groups in total. The quantitative estimate of drug-likeness (QED) is 0.627. The number of nitrogens with one attached hydrogen (secondary N) is 2. The first kappa shape index (κ1) is 16.9. The zero-order valence-corrected chi connectivity index (χ0v) is 13.0. The van der Waals surface area contributed by atoms with Crippen LogP contribution in [0.1, 0.15) is 10.4 Å². The first-order valence-corrected chi connectivity index (χ1v) is 7.98. The van der Waals surface area contributed by atoms with Gasteiger partial charge in [0.15, 0.2) is 0 Å². The lowest BCUT2D eigenvalue weighted by Crippen LogP contribution is -2.41. The minimum Gasteiger partial charge on any atom is -0.273 e. The molecular weight excluding hydrogens is 346 g/mol. The molecule has 1 amide bonds. The van der Waals surface area contributed by atoms with E-state index in [2.05, 4.69) is 0 Å².